The minimum Gasteiger partial charge on any atom is -0.266 e. The lowest BCUT2D eigenvalue weighted by molar-refractivity contribution is 0.510. The molecule has 3 aromatic heterocycles. The third kappa shape index (κ3) is 3.70. The summed E-state index contributed by atoms with van der Waals surface area (Å²) < 4.78 is 53.8. The summed E-state index contributed by atoms with van der Waals surface area (Å²) in [4.78, 5) is 4.88. The van der Waals surface area contributed by atoms with Gasteiger partial charge in [0.25, 0.3) is 0 Å². The van der Waals surface area contributed by atoms with Crippen molar-refractivity contribution in [2.24, 2.45) is 0 Å². The normalized spacial score (nSPS) is 20.4. The fraction of sp³-hybridized carbons (Fsp3) is 0.240. The Bertz CT molecular complexity index is 1590. The van der Waals surface area contributed by atoms with Gasteiger partial charge in [0.15, 0.2) is 5.82 Å². The SMILES string of the molecule is CS(=O)(=O)Nc1ccc(-c2cccc([C@]34CC[C@H](C3)c3cc(-c5c(F)cccc5F)nnc34)n2)nn1. The van der Waals surface area contributed by atoms with Crippen LogP contribution in [0.4, 0.5) is 14.6 Å². The minimum absolute atomic E-state index is 0.122. The van der Waals surface area contributed by atoms with Crippen molar-refractivity contribution in [1.82, 2.24) is 25.4 Å². The molecule has 3 heterocycles. The van der Waals surface area contributed by atoms with Gasteiger partial charge in [-0.3, -0.25) is 9.71 Å². The minimum atomic E-state index is -3.46. The summed E-state index contributed by atoms with van der Waals surface area (Å²) in [6.07, 6.45) is 3.58. The van der Waals surface area contributed by atoms with E-state index in [-0.39, 0.29) is 23.0 Å². The van der Waals surface area contributed by atoms with Gasteiger partial charge in [0, 0.05) is 0 Å². The second-order valence-corrected chi connectivity index (χ2v) is 11.0. The number of rotatable bonds is 5. The molecule has 11 heteroatoms. The first-order valence-electron chi connectivity index (χ1n) is 11.4. The number of fused-ring (bicyclic) bond motifs is 5. The molecule has 0 spiro atoms. The van der Waals surface area contributed by atoms with E-state index in [0.29, 0.717) is 11.4 Å². The van der Waals surface area contributed by atoms with Crippen molar-refractivity contribution in [3.05, 3.63) is 83.2 Å². The lowest BCUT2D eigenvalue weighted by Gasteiger charge is -2.27. The van der Waals surface area contributed by atoms with Crippen molar-refractivity contribution in [2.45, 2.75) is 30.6 Å². The monoisotopic (exact) mass is 506 g/mol. The molecule has 0 saturated heterocycles. The molecule has 0 amide bonds. The number of benzene rings is 1. The number of sulfonamides is 1. The first kappa shape index (κ1) is 22.6. The van der Waals surface area contributed by atoms with E-state index in [1.165, 1.54) is 24.3 Å². The number of pyridine rings is 1. The molecule has 6 rings (SSSR count). The van der Waals surface area contributed by atoms with Crippen LogP contribution in [0, 0.1) is 11.6 Å². The summed E-state index contributed by atoms with van der Waals surface area (Å²) in [5.74, 6) is -1.02. The Labute approximate surface area is 205 Å². The Kier molecular flexibility index (Phi) is 5.08. The predicted molar refractivity (Wildman–Crippen MR) is 128 cm³/mol. The quantitative estimate of drug-likeness (QED) is 0.432. The van der Waals surface area contributed by atoms with Gasteiger partial charge in [-0.15, -0.1) is 15.3 Å². The molecule has 182 valence electrons. The maximum atomic E-state index is 14.4. The van der Waals surface area contributed by atoms with Crippen molar-refractivity contribution in [3.8, 4) is 22.6 Å². The Morgan fingerprint density at radius 2 is 1.67 bits per heavy atom. The lowest BCUT2D eigenvalue weighted by atomic mass is 9.79. The zero-order valence-corrected chi connectivity index (χ0v) is 19.9. The summed E-state index contributed by atoms with van der Waals surface area (Å²) in [5, 5.41) is 16.8. The van der Waals surface area contributed by atoms with E-state index < -0.39 is 27.1 Å². The maximum Gasteiger partial charge on any atom is 0.231 e. The van der Waals surface area contributed by atoms with Gasteiger partial charge in [0.1, 0.15) is 17.3 Å². The number of hydrogen-bond acceptors (Lipinski definition) is 7. The number of nitrogens with one attached hydrogen (secondary N) is 1. The Morgan fingerprint density at radius 1 is 0.917 bits per heavy atom. The highest BCUT2D eigenvalue weighted by atomic mass is 32.2. The fourth-order valence-corrected chi connectivity index (χ4v) is 5.88. The second kappa shape index (κ2) is 8.09. The highest BCUT2D eigenvalue weighted by molar-refractivity contribution is 7.92. The average molecular weight is 507 g/mol. The van der Waals surface area contributed by atoms with Gasteiger partial charge in [-0.1, -0.05) is 12.1 Å². The molecular weight excluding hydrogens is 486 g/mol. The van der Waals surface area contributed by atoms with Crippen LogP contribution in [0.25, 0.3) is 22.6 Å². The number of aromatic nitrogens is 5. The van der Waals surface area contributed by atoms with E-state index in [2.05, 4.69) is 25.1 Å². The largest absolute Gasteiger partial charge is 0.266 e. The molecule has 0 radical (unpaired) electrons. The second-order valence-electron chi connectivity index (χ2n) is 9.24. The van der Waals surface area contributed by atoms with Crippen LogP contribution in [0.2, 0.25) is 0 Å². The van der Waals surface area contributed by atoms with Gasteiger partial charge < -0.3 is 0 Å². The van der Waals surface area contributed by atoms with Crippen LogP contribution >= 0.6 is 0 Å². The molecular formula is C25H20F2N6O2S. The van der Waals surface area contributed by atoms with Gasteiger partial charge in [0.05, 0.1) is 40.0 Å². The van der Waals surface area contributed by atoms with Crippen molar-refractivity contribution in [1.29, 1.82) is 0 Å². The molecule has 2 bridgehead atoms. The fourth-order valence-electron chi connectivity index (χ4n) is 5.39. The van der Waals surface area contributed by atoms with E-state index in [1.54, 1.807) is 12.1 Å². The first-order chi connectivity index (χ1) is 17.2. The van der Waals surface area contributed by atoms with Crippen molar-refractivity contribution in [2.75, 3.05) is 11.0 Å². The molecule has 2 atom stereocenters. The topological polar surface area (TPSA) is 111 Å². The zero-order chi connectivity index (χ0) is 25.1. The molecule has 1 N–H and O–H groups in total. The highest BCUT2D eigenvalue weighted by Gasteiger charge is 2.53. The van der Waals surface area contributed by atoms with Gasteiger partial charge in [-0.2, -0.15) is 5.10 Å². The van der Waals surface area contributed by atoms with E-state index in [0.717, 1.165) is 42.5 Å². The van der Waals surface area contributed by atoms with Gasteiger partial charge in [-0.05, 0) is 73.2 Å². The van der Waals surface area contributed by atoms with Crippen LogP contribution in [-0.2, 0) is 15.4 Å². The molecule has 8 nitrogen and oxygen atoms in total. The van der Waals surface area contributed by atoms with Crippen molar-refractivity contribution >= 4 is 15.8 Å². The van der Waals surface area contributed by atoms with Crippen LogP contribution in [0.15, 0.2) is 54.6 Å². The van der Waals surface area contributed by atoms with Gasteiger partial charge in [0.2, 0.25) is 10.0 Å². The van der Waals surface area contributed by atoms with Gasteiger partial charge >= 0.3 is 0 Å². The standard InChI is InChI=1S/C25H20F2N6O2S/c1-36(34,35)33-22-9-8-19(29-31-22)18-6-3-7-21(28-18)25-11-10-14(13-25)15-12-20(30-32-24(15)25)23-16(26)4-2-5-17(23)27/h2-9,12,14H,10-11,13H2,1H3,(H,31,33)/t14-,25+/m1/s1. The molecule has 1 aromatic carbocycles. The number of nitrogens with zero attached hydrogens (tertiary/aromatic N) is 5. The number of anilines is 1. The van der Waals surface area contributed by atoms with Crippen LogP contribution in [0.1, 0.15) is 42.1 Å². The summed E-state index contributed by atoms with van der Waals surface area (Å²) in [6.45, 7) is 0. The third-order valence-corrected chi connectivity index (χ3v) is 7.49. The van der Waals surface area contributed by atoms with Crippen LogP contribution in [0.3, 0.4) is 0 Å². The van der Waals surface area contributed by atoms with E-state index >= 15 is 0 Å². The maximum absolute atomic E-state index is 14.4. The van der Waals surface area contributed by atoms with E-state index in [1.807, 2.05) is 18.2 Å². The highest BCUT2D eigenvalue weighted by Crippen LogP contribution is 2.59. The Morgan fingerprint density at radius 3 is 2.39 bits per heavy atom. The summed E-state index contributed by atoms with van der Waals surface area (Å²) in [6, 6.07) is 14.3. The Hall–Kier alpha value is -3.86. The molecule has 4 aromatic rings. The zero-order valence-electron chi connectivity index (χ0n) is 19.1. The molecule has 0 unspecified atom stereocenters. The molecule has 1 saturated carbocycles. The van der Waals surface area contributed by atoms with Gasteiger partial charge in [-0.25, -0.2) is 17.2 Å². The lowest BCUT2D eigenvalue weighted by Crippen LogP contribution is -2.26. The van der Waals surface area contributed by atoms with Crippen molar-refractivity contribution < 1.29 is 17.2 Å². The molecule has 2 aliphatic carbocycles. The van der Waals surface area contributed by atoms with Crippen LogP contribution in [0.5, 0.6) is 0 Å². The van der Waals surface area contributed by atoms with Crippen molar-refractivity contribution in [3.63, 3.8) is 0 Å². The molecule has 36 heavy (non-hydrogen) atoms. The first-order valence-corrected chi connectivity index (χ1v) is 13.2. The summed E-state index contributed by atoms with van der Waals surface area (Å²) in [5.41, 5.74) is 3.23. The summed E-state index contributed by atoms with van der Waals surface area (Å²) >= 11 is 0. The number of halogens is 2. The average Bonchev–Trinajstić information content (AvgIpc) is 3.43. The van der Waals surface area contributed by atoms with Crippen LogP contribution < -0.4 is 4.72 Å². The summed E-state index contributed by atoms with van der Waals surface area (Å²) in [7, 11) is -3.46. The van der Waals surface area contributed by atoms with E-state index in [4.69, 9.17) is 4.98 Å². The van der Waals surface area contributed by atoms with E-state index in [9.17, 15) is 17.2 Å². The molecule has 2 aliphatic rings. The molecule has 0 aliphatic heterocycles. The third-order valence-electron chi connectivity index (χ3n) is 6.91. The van der Waals surface area contributed by atoms with Crippen LogP contribution in [-0.4, -0.2) is 40.1 Å². The smallest absolute Gasteiger partial charge is 0.231 e. The predicted octanol–water partition coefficient (Wildman–Crippen LogP) is 4.21. The number of hydrogen-bond donors (Lipinski definition) is 1. The molecule has 1 fully saturated rings. The Balaban J connectivity index is 1.37.